The van der Waals surface area contributed by atoms with Crippen LogP contribution in [-0.4, -0.2) is 29.4 Å². The van der Waals surface area contributed by atoms with Crippen molar-refractivity contribution in [3.05, 3.63) is 28.8 Å². The van der Waals surface area contributed by atoms with Crippen molar-refractivity contribution in [3.63, 3.8) is 0 Å². The van der Waals surface area contributed by atoms with E-state index in [4.69, 9.17) is 11.6 Å². The molecule has 21 heavy (non-hydrogen) atoms. The molecular weight excluding hydrogens is 284 g/mol. The first-order chi connectivity index (χ1) is 10.0. The van der Waals surface area contributed by atoms with E-state index in [9.17, 15) is 4.79 Å². The highest BCUT2D eigenvalue weighted by Gasteiger charge is 2.30. The molecule has 2 atom stereocenters. The Labute approximate surface area is 132 Å². The maximum absolute atomic E-state index is 13.0. The Hall–Kier alpha value is -1.22. The summed E-state index contributed by atoms with van der Waals surface area (Å²) in [4.78, 5) is 15.0. The van der Waals surface area contributed by atoms with Crippen LogP contribution in [0.15, 0.2) is 18.2 Å². The highest BCUT2D eigenvalue weighted by Crippen LogP contribution is 2.28. The number of nitrogens with one attached hydrogen (secondary N) is 1. The molecule has 0 aliphatic carbocycles. The summed E-state index contributed by atoms with van der Waals surface area (Å²) in [5, 5.41) is 3.94. The molecule has 0 saturated carbocycles. The Kier molecular flexibility index (Phi) is 5.51. The van der Waals surface area contributed by atoms with Crippen LogP contribution in [0.1, 0.15) is 56.8 Å². The van der Waals surface area contributed by atoms with Gasteiger partial charge in [-0.2, -0.15) is 0 Å². The highest BCUT2D eigenvalue weighted by molar-refractivity contribution is 6.31. The van der Waals surface area contributed by atoms with Crippen LogP contribution in [0.2, 0.25) is 5.02 Å². The quantitative estimate of drug-likeness (QED) is 0.884. The largest absolute Gasteiger partial charge is 0.384 e. The lowest BCUT2D eigenvalue weighted by Gasteiger charge is -2.39. The third-order valence-electron chi connectivity index (χ3n) is 4.21. The summed E-state index contributed by atoms with van der Waals surface area (Å²) in [6.07, 6.45) is 4.37. The molecule has 0 aromatic heterocycles. The third-order valence-corrected chi connectivity index (χ3v) is 4.44. The van der Waals surface area contributed by atoms with E-state index in [0.29, 0.717) is 22.7 Å². The number of halogens is 1. The van der Waals surface area contributed by atoms with Crippen LogP contribution in [0, 0.1) is 0 Å². The fourth-order valence-electron chi connectivity index (χ4n) is 3.07. The lowest BCUT2D eigenvalue weighted by molar-refractivity contribution is 0.0512. The second-order valence-electron chi connectivity index (χ2n) is 5.96. The zero-order valence-electron chi connectivity index (χ0n) is 13.2. The molecule has 0 unspecified atom stereocenters. The van der Waals surface area contributed by atoms with Gasteiger partial charge in [0.15, 0.2) is 0 Å². The lowest BCUT2D eigenvalue weighted by atomic mass is 9.96. The number of carbonyl (C=O) groups excluding carboxylic acids is 1. The van der Waals surface area contributed by atoms with E-state index < -0.39 is 0 Å². The van der Waals surface area contributed by atoms with Crippen molar-refractivity contribution < 1.29 is 4.79 Å². The van der Waals surface area contributed by atoms with Gasteiger partial charge in [-0.25, -0.2) is 0 Å². The van der Waals surface area contributed by atoms with Crippen LogP contribution in [0.3, 0.4) is 0 Å². The van der Waals surface area contributed by atoms with Crippen molar-refractivity contribution in [1.82, 2.24) is 4.90 Å². The molecule has 3 nitrogen and oxygen atoms in total. The van der Waals surface area contributed by atoms with Gasteiger partial charge in [0.1, 0.15) is 0 Å². The van der Waals surface area contributed by atoms with Crippen LogP contribution >= 0.6 is 11.6 Å². The van der Waals surface area contributed by atoms with E-state index in [-0.39, 0.29) is 5.91 Å². The molecular formula is C17H25ClN2O. The molecule has 1 fully saturated rings. The van der Waals surface area contributed by atoms with Crippen LogP contribution < -0.4 is 5.32 Å². The van der Waals surface area contributed by atoms with Gasteiger partial charge in [0.2, 0.25) is 0 Å². The molecule has 0 bridgehead atoms. The number of piperidine rings is 1. The number of amides is 1. The zero-order chi connectivity index (χ0) is 15.4. The highest BCUT2D eigenvalue weighted by atomic mass is 35.5. The van der Waals surface area contributed by atoms with Crippen molar-refractivity contribution >= 4 is 23.2 Å². The predicted octanol–water partition coefficient (Wildman–Crippen LogP) is 4.57. The molecule has 1 saturated heterocycles. The van der Waals surface area contributed by atoms with Crippen molar-refractivity contribution in [2.24, 2.45) is 0 Å². The number of hydrogen-bond donors (Lipinski definition) is 1. The first-order valence-corrected chi connectivity index (χ1v) is 8.28. The summed E-state index contributed by atoms with van der Waals surface area (Å²) in [7, 11) is 0. The van der Waals surface area contributed by atoms with Gasteiger partial charge in [-0.1, -0.05) is 18.5 Å². The van der Waals surface area contributed by atoms with Gasteiger partial charge in [-0.3, -0.25) is 4.79 Å². The zero-order valence-corrected chi connectivity index (χ0v) is 13.9. The summed E-state index contributed by atoms with van der Waals surface area (Å²) in [6, 6.07) is 6.11. The van der Waals surface area contributed by atoms with Crippen molar-refractivity contribution in [2.75, 3.05) is 11.9 Å². The van der Waals surface area contributed by atoms with E-state index in [1.54, 1.807) is 6.07 Å². The molecule has 1 aromatic carbocycles. The van der Waals surface area contributed by atoms with E-state index in [1.165, 1.54) is 6.42 Å². The number of likely N-dealkylation sites (tertiary alicyclic amines) is 1. The molecule has 1 heterocycles. The molecule has 1 aromatic rings. The maximum Gasteiger partial charge on any atom is 0.256 e. The molecule has 116 valence electrons. The van der Waals surface area contributed by atoms with Gasteiger partial charge in [0, 0.05) is 29.3 Å². The Bertz CT molecular complexity index is 494. The second kappa shape index (κ2) is 7.17. The number of carbonyl (C=O) groups is 1. The summed E-state index contributed by atoms with van der Waals surface area (Å²) in [6.45, 7) is 7.24. The molecule has 4 heteroatoms. The number of rotatable bonds is 4. The van der Waals surface area contributed by atoms with Gasteiger partial charge < -0.3 is 10.2 Å². The Morgan fingerprint density at radius 3 is 2.62 bits per heavy atom. The van der Waals surface area contributed by atoms with Crippen molar-refractivity contribution in [3.8, 4) is 0 Å². The van der Waals surface area contributed by atoms with Crippen molar-refractivity contribution in [1.29, 1.82) is 0 Å². The van der Waals surface area contributed by atoms with Crippen LogP contribution in [0.25, 0.3) is 0 Å². The van der Waals surface area contributed by atoms with E-state index in [2.05, 4.69) is 26.1 Å². The molecule has 1 N–H and O–H groups in total. The van der Waals surface area contributed by atoms with E-state index >= 15 is 0 Å². The number of hydrogen-bond acceptors (Lipinski definition) is 2. The minimum atomic E-state index is 0.0933. The van der Waals surface area contributed by atoms with Gasteiger partial charge in [-0.15, -0.1) is 0 Å². The van der Waals surface area contributed by atoms with Gasteiger partial charge in [0.05, 0.1) is 5.56 Å². The monoisotopic (exact) mass is 308 g/mol. The predicted molar refractivity (Wildman–Crippen MR) is 89.2 cm³/mol. The molecule has 1 amide bonds. The summed E-state index contributed by atoms with van der Waals surface area (Å²) in [5.74, 6) is 0.0933. The first kappa shape index (κ1) is 16.2. The second-order valence-corrected chi connectivity index (χ2v) is 6.39. The number of anilines is 1. The molecule has 2 rings (SSSR count). The standard InChI is InChI=1S/C17H25ClN2O/c1-4-10-19-16-9-8-14(18)11-15(16)17(21)20-12(2)6-5-7-13(20)3/h8-9,11-13,19H,4-7,10H2,1-3H3/t12-,13+. The van der Waals surface area contributed by atoms with Gasteiger partial charge in [0.25, 0.3) is 5.91 Å². The molecule has 0 radical (unpaired) electrons. The van der Waals surface area contributed by atoms with E-state index in [0.717, 1.165) is 31.5 Å². The van der Waals surface area contributed by atoms with Gasteiger partial charge in [-0.05, 0) is 57.7 Å². The maximum atomic E-state index is 13.0. The smallest absolute Gasteiger partial charge is 0.256 e. The summed E-state index contributed by atoms with van der Waals surface area (Å²) >= 11 is 6.11. The molecule has 1 aliphatic heterocycles. The van der Waals surface area contributed by atoms with E-state index in [1.807, 2.05) is 17.0 Å². The minimum absolute atomic E-state index is 0.0933. The lowest BCUT2D eigenvalue weighted by Crippen LogP contribution is -2.47. The summed E-state index contributed by atoms with van der Waals surface area (Å²) < 4.78 is 0. The average molecular weight is 309 g/mol. The first-order valence-electron chi connectivity index (χ1n) is 7.90. The third kappa shape index (κ3) is 3.70. The fraction of sp³-hybridized carbons (Fsp3) is 0.588. The number of nitrogens with zero attached hydrogens (tertiary/aromatic N) is 1. The normalized spacial score (nSPS) is 22.2. The Morgan fingerprint density at radius 1 is 1.33 bits per heavy atom. The Balaban J connectivity index is 2.30. The minimum Gasteiger partial charge on any atom is -0.384 e. The number of benzene rings is 1. The Morgan fingerprint density at radius 2 is 2.00 bits per heavy atom. The van der Waals surface area contributed by atoms with Crippen molar-refractivity contribution in [2.45, 2.75) is 58.5 Å². The van der Waals surface area contributed by atoms with Crippen LogP contribution in [0.5, 0.6) is 0 Å². The molecule has 1 aliphatic rings. The SMILES string of the molecule is CCCNc1ccc(Cl)cc1C(=O)N1[C@H](C)CCC[C@@H]1C. The topological polar surface area (TPSA) is 32.3 Å². The van der Waals surface area contributed by atoms with Gasteiger partial charge >= 0.3 is 0 Å². The average Bonchev–Trinajstić information content (AvgIpc) is 2.45. The summed E-state index contributed by atoms with van der Waals surface area (Å²) in [5.41, 5.74) is 1.58. The fourth-order valence-corrected chi connectivity index (χ4v) is 3.24. The molecule has 0 spiro atoms. The van der Waals surface area contributed by atoms with Crippen LogP contribution in [-0.2, 0) is 0 Å². The van der Waals surface area contributed by atoms with Crippen LogP contribution in [0.4, 0.5) is 5.69 Å².